The molecular formula is C17H26N2O. The second-order valence-corrected chi connectivity index (χ2v) is 6.02. The van der Waals surface area contributed by atoms with Gasteiger partial charge < -0.3 is 10.6 Å². The number of carbonyl (C=O) groups excluding carboxylic acids is 1. The minimum Gasteiger partial charge on any atom is -0.353 e. The van der Waals surface area contributed by atoms with E-state index in [0.29, 0.717) is 18.4 Å². The summed E-state index contributed by atoms with van der Waals surface area (Å²) in [7, 11) is 0. The van der Waals surface area contributed by atoms with Crippen LogP contribution in [0.1, 0.15) is 56.6 Å². The molecule has 110 valence electrons. The van der Waals surface area contributed by atoms with E-state index in [9.17, 15) is 4.79 Å². The first-order chi connectivity index (χ1) is 9.65. The summed E-state index contributed by atoms with van der Waals surface area (Å²) >= 11 is 0. The lowest BCUT2D eigenvalue weighted by atomic mass is 10.0. The maximum absolute atomic E-state index is 11.5. The molecule has 0 spiro atoms. The van der Waals surface area contributed by atoms with E-state index in [4.69, 9.17) is 0 Å². The summed E-state index contributed by atoms with van der Waals surface area (Å²) in [6.45, 7) is 6.19. The highest BCUT2D eigenvalue weighted by Gasteiger charge is 2.22. The number of nitrogens with one attached hydrogen (secondary N) is 2. The highest BCUT2D eigenvalue weighted by Crippen LogP contribution is 2.18. The van der Waals surface area contributed by atoms with E-state index < -0.39 is 0 Å². The molecule has 2 rings (SSSR count). The van der Waals surface area contributed by atoms with Gasteiger partial charge in [-0.05, 0) is 42.9 Å². The molecule has 0 saturated heterocycles. The third kappa shape index (κ3) is 5.33. The lowest BCUT2D eigenvalue weighted by Gasteiger charge is -2.08. The van der Waals surface area contributed by atoms with Gasteiger partial charge in [0.15, 0.2) is 0 Å². The molecule has 1 aliphatic carbocycles. The van der Waals surface area contributed by atoms with Crippen molar-refractivity contribution in [2.24, 2.45) is 0 Å². The van der Waals surface area contributed by atoms with Crippen molar-refractivity contribution in [3.63, 3.8) is 0 Å². The van der Waals surface area contributed by atoms with Crippen LogP contribution in [0.25, 0.3) is 0 Å². The Labute approximate surface area is 122 Å². The molecule has 0 unspecified atom stereocenters. The standard InChI is InChI=1S/C17H26N2O/c1-13(2)15-7-5-14(6-8-15)12-18-11-3-4-17(20)19-16-9-10-16/h5-8,13,16,18H,3-4,9-12H2,1-2H3,(H,19,20). The zero-order chi connectivity index (χ0) is 14.4. The summed E-state index contributed by atoms with van der Waals surface area (Å²) < 4.78 is 0. The van der Waals surface area contributed by atoms with Gasteiger partial charge in [-0.1, -0.05) is 38.1 Å². The summed E-state index contributed by atoms with van der Waals surface area (Å²) in [4.78, 5) is 11.5. The van der Waals surface area contributed by atoms with Crippen LogP contribution < -0.4 is 10.6 Å². The SMILES string of the molecule is CC(C)c1ccc(CNCCCC(=O)NC2CC2)cc1. The van der Waals surface area contributed by atoms with Gasteiger partial charge in [0.1, 0.15) is 0 Å². The lowest BCUT2D eigenvalue weighted by Crippen LogP contribution is -2.26. The smallest absolute Gasteiger partial charge is 0.220 e. The molecule has 0 heterocycles. The minimum absolute atomic E-state index is 0.204. The second kappa shape index (κ2) is 7.44. The molecule has 20 heavy (non-hydrogen) atoms. The van der Waals surface area contributed by atoms with E-state index in [0.717, 1.165) is 32.4 Å². The Morgan fingerprint density at radius 1 is 1.25 bits per heavy atom. The van der Waals surface area contributed by atoms with Crippen molar-refractivity contribution >= 4 is 5.91 Å². The summed E-state index contributed by atoms with van der Waals surface area (Å²) in [6, 6.07) is 9.25. The molecule has 1 amide bonds. The number of hydrogen-bond donors (Lipinski definition) is 2. The van der Waals surface area contributed by atoms with E-state index in [1.165, 1.54) is 11.1 Å². The Hall–Kier alpha value is -1.35. The highest BCUT2D eigenvalue weighted by molar-refractivity contribution is 5.76. The Bertz CT molecular complexity index is 421. The highest BCUT2D eigenvalue weighted by atomic mass is 16.1. The van der Waals surface area contributed by atoms with Crippen LogP contribution in [0.3, 0.4) is 0 Å². The summed E-state index contributed by atoms with van der Waals surface area (Å²) in [5, 5.41) is 6.41. The first-order valence-corrected chi connectivity index (χ1v) is 7.74. The van der Waals surface area contributed by atoms with Crippen molar-refractivity contribution in [2.75, 3.05) is 6.54 Å². The van der Waals surface area contributed by atoms with Crippen molar-refractivity contribution in [1.82, 2.24) is 10.6 Å². The third-order valence-corrected chi connectivity index (χ3v) is 3.68. The lowest BCUT2D eigenvalue weighted by molar-refractivity contribution is -0.121. The van der Waals surface area contributed by atoms with Crippen LogP contribution in [0.5, 0.6) is 0 Å². The summed E-state index contributed by atoms with van der Waals surface area (Å²) in [5.41, 5.74) is 2.68. The Morgan fingerprint density at radius 2 is 1.95 bits per heavy atom. The average molecular weight is 274 g/mol. The zero-order valence-corrected chi connectivity index (χ0v) is 12.6. The molecule has 0 aliphatic heterocycles. The monoisotopic (exact) mass is 274 g/mol. The van der Waals surface area contributed by atoms with E-state index in [-0.39, 0.29) is 5.91 Å². The van der Waals surface area contributed by atoms with Gasteiger partial charge in [-0.2, -0.15) is 0 Å². The van der Waals surface area contributed by atoms with Crippen LogP contribution in [0, 0.1) is 0 Å². The van der Waals surface area contributed by atoms with Gasteiger partial charge in [-0.25, -0.2) is 0 Å². The van der Waals surface area contributed by atoms with Crippen LogP contribution in [0.2, 0.25) is 0 Å². The Balaban J connectivity index is 1.57. The number of carbonyl (C=O) groups is 1. The molecule has 0 atom stereocenters. The normalized spacial score (nSPS) is 14.6. The fourth-order valence-corrected chi connectivity index (χ4v) is 2.15. The molecule has 1 fully saturated rings. The largest absolute Gasteiger partial charge is 0.353 e. The number of rotatable bonds is 8. The molecule has 3 heteroatoms. The number of benzene rings is 1. The van der Waals surface area contributed by atoms with Gasteiger partial charge in [-0.3, -0.25) is 4.79 Å². The van der Waals surface area contributed by atoms with Crippen LogP contribution >= 0.6 is 0 Å². The van der Waals surface area contributed by atoms with Crippen LogP contribution in [0.4, 0.5) is 0 Å². The minimum atomic E-state index is 0.204. The molecule has 1 aliphatic rings. The van der Waals surface area contributed by atoms with Gasteiger partial charge in [-0.15, -0.1) is 0 Å². The van der Waals surface area contributed by atoms with Crippen molar-refractivity contribution in [3.8, 4) is 0 Å². The summed E-state index contributed by atoms with van der Waals surface area (Å²) in [6.07, 6.45) is 3.87. The molecule has 1 aromatic rings. The van der Waals surface area contributed by atoms with Crippen molar-refractivity contribution < 1.29 is 4.79 Å². The van der Waals surface area contributed by atoms with Crippen molar-refractivity contribution in [3.05, 3.63) is 35.4 Å². The van der Waals surface area contributed by atoms with Crippen molar-refractivity contribution in [2.45, 2.75) is 58.0 Å². The molecular weight excluding hydrogens is 248 g/mol. The zero-order valence-electron chi connectivity index (χ0n) is 12.6. The Morgan fingerprint density at radius 3 is 2.55 bits per heavy atom. The fourth-order valence-electron chi connectivity index (χ4n) is 2.15. The van der Waals surface area contributed by atoms with Gasteiger partial charge in [0.2, 0.25) is 5.91 Å². The molecule has 0 aromatic heterocycles. The van der Waals surface area contributed by atoms with E-state index in [2.05, 4.69) is 48.7 Å². The maximum Gasteiger partial charge on any atom is 0.220 e. The van der Waals surface area contributed by atoms with Gasteiger partial charge in [0.05, 0.1) is 0 Å². The quantitative estimate of drug-likeness (QED) is 0.716. The van der Waals surface area contributed by atoms with E-state index >= 15 is 0 Å². The molecule has 0 bridgehead atoms. The maximum atomic E-state index is 11.5. The Kier molecular flexibility index (Phi) is 5.60. The predicted molar refractivity (Wildman–Crippen MR) is 82.6 cm³/mol. The molecule has 2 N–H and O–H groups in total. The fraction of sp³-hybridized carbons (Fsp3) is 0.588. The molecule has 1 saturated carbocycles. The second-order valence-electron chi connectivity index (χ2n) is 6.02. The third-order valence-electron chi connectivity index (χ3n) is 3.68. The predicted octanol–water partition coefficient (Wildman–Crippen LogP) is 2.96. The van der Waals surface area contributed by atoms with Crippen LogP contribution in [0.15, 0.2) is 24.3 Å². The summed E-state index contributed by atoms with van der Waals surface area (Å²) in [5.74, 6) is 0.789. The van der Waals surface area contributed by atoms with Gasteiger partial charge in [0, 0.05) is 19.0 Å². The van der Waals surface area contributed by atoms with Crippen LogP contribution in [-0.2, 0) is 11.3 Å². The van der Waals surface area contributed by atoms with E-state index in [1.54, 1.807) is 0 Å². The van der Waals surface area contributed by atoms with Crippen molar-refractivity contribution in [1.29, 1.82) is 0 Å². The number of hydrogen-bond acceptors (Lipinski definition) is 2. The van der Waals surface area contributed by atoms with E-state index in [1.807, 2.05) is 0 Å². The first-order valence-electron chi connectivity index (χ1n) is 7.74. The molecule has 3 nitrogen and oxygen atoms in total. The molecule has 0 radical (unpaired) electrons. The average Bonchev–Trinajstić information content (AvgIpc) is 3.22. The first kappa shape index (κ1) is 15.0. The van der Waals surface area contributed by atoms with Gasteiger partial charge in [0.25, 0.3) is 0 Å². The van der Waals surface area contributed by atoms with Crippen LogP contribution in [-0.4, -0.2) is 18.5 Å². The number of amides is 1. The molecule has 1 aromatic carbocycles. The topological polar surface area (TPSA) is 41.1 Å². The van der Waals surface area contributed by atoms with Gasteiger partial charge >= 0.3 is 0 Å².